The third-order valence-electron chi connectivity index (χ3n) is 4.64. The third-order valence-corrected chi connectivity index (χ3v) is 5.68. The largest absolute Gasteiger partial charge is 0.426 e. The Hall–Kier alpha value is -2.59. The predicted molar refractivity (Wildman–Crippen MR) is 105 cm³/mol. The number of fused-ring (bicyclic) bond motifs is 1. The highest BCUT2D eigenvalue weighted by atomic mass is 31.2. The molecule has 3 N–H and O–H groups in total. The van der Waals surface area contributed by atoms with Gasteiger partial charge in [0.1, 0.15) is 12.1 Å². The van der Waals surface area contributed by atoms with Gasteiger partial charge in [0.25, 0.3) is 5.91 Å². The van der Waals surface area contributed by atoms with E-state index in [1.54, 1.807) is 19.1 Å². The maximum Gasteiger partial charge on any atom is 0.397 e. The molecule has 0 spiro atoms. The molecule has 2 aliphatic heterocycles. The molecule has 0 bridgehead atoms. The number of hydrogen-bond donors (Lipinski definition) is 2. The summed E-state index contributed by atoms with van der Waals surface area (Å²) in [4.78, 5) is 26.5. The molecule has 12 heteroatoms. The molecule has 11 nitrogen and oxygen atoms in total. The van der Waals surface area contributed by atoms with Crippen molar-refractivity contribution in [1.82, 2.24) is 14.8 Å². The summed E-state index contributed by atoms with van der Waals surface area (Å²) in [6.45, 7) is 2.43. The number of amides is 2. The molecule has 1 aromatic heterocycles. The smallest absolute Gasteiger partial charge is 0.397 e. The number of primary amides is 1. The highest BCUT2D eigenvalue weighted by Gasteiger charge is 2.31. The zero-order valence-corrected chi connectivity index (χ0v) is 17.2. The van der Waals surface area contributed by atoms with Crippen LogP contribution in [0.3, 0.4) is 0 Å². The minimum Gasteiger partial charge on any atom is -0.426 e. The van der Waals surface area contributed by atoms with Gasteiger partial charge in [0, 0.05) is 17.7 Å². The van der Waals surface area contributed by atoms with Gasteiger partial charge in [-0.2, -0.15) is 0 Å². The predicted octanol–water partition coefficient (Wildman–Crippen LogP) is 2.26. The fourth-order valence-electron chi connectivity index (χ4n) is 3.08. The number of nitrogens with zero attached hydrogens (tertiary/aromatic N) is 3. The standard InChI is InChI=1S/C18H22N5O6P/c1-2-15(24)21-12-3-5-14-11(7-12)8-26-30(29-14)27-9-13-4-6-16(28-13)23-10-20-18(22-23)17(19)25/h3,5,7,10,13,16H,2,4,6,8-9H2,1H3,(H2,19,25)(H,21,24). The molecular formula is C18H22N5O6P. The fourth-order valence-corrected chi connectivity index (χ4v) is 4.13. The number of ether oxygens (including phenoxy) is 1. The molecule has 3 unspecified atom stereocenters. The first-order valence-corrected chi connectivity index (χ1v) is 10.6. The minimum absolute atomic E-state index is 0.0400. The summed E-state index contributed by atoms with van der Waals surface area (Å²) >= 11 is 0. The molecule has 160 valence electrons. The van der Waals surface area contributed by atoms with Gasteiger partial charge in [-0.3, -0.25) is 18.6 Å². The third kappa shape index (κ3) is 4.76. The Labute approximate surface area is 173 Å². The highest BCUT2D eigenvalue weighted by molar-refractivity contribution is 7.42. The molecule has 3 heterocycles. The molecule has 0 radical (unpaired) electrons. The summed E-state index contributed by atoms with van der Waals surface area (Å²) < 4.78 is 24.6. The average Bonchev–Trinajstić information content (AvgIpc) is 3.41. The Kier molecular flexibility index (Phi) is 6.24. The van der Waals surface area contributed by atoms with Crippen LogP contribution in [0.5, 0.6) is 5.75 Å². The topological polar surface area (TPSA) is 140 Å². The van der Waals surface area contributed by atoms with Crippen molar-refractivity contribution in [3.05, 3.63) is 35.9 Å². The van der Waals surface area contributed by atoms with Gasteiger partial charge in [0.15, 0.2) is 6.23 Å². The van der Waals surface area contributed by atoms with Crippen LogP contribution in [0.4, 0.5) is 5.69 Å². The second-order valence-corrected chi connectivity index (χ2v) is 7.96. The number of carbonyl (C=O) groups is 2. The maximum atomic E-state index is 11.5. The summed E-state index contributed by atoms with van der Waals surface area (Å²) in [5.74, 6) is -0.0958. The van der Waals surface area contributed by atoms with E-state index in [1.165, 1.54) is 11.0 Å². The molecule has 1 saturated heterocycles. The van der Waals surface area contributed by atoms with Crippen LogP contribution in [0.25, 0.3) is 0 Å². The molecule has 30 heavy (non-hydrogen) atoms. The van der Waals surface area contributed by atoms with Crippen molar-refractivity contribution in [2.45, 2.75) is 45.1 Å². The normalized spacial score (nSPS) is 22.9. The molecular weight excluding hydrogens is 413 g/mol. The Balaban J connectivity index is 1.26. The zero-order valence-electron chi connectivity index (χ0n) is 16.3. The number of hydrogen-bond acceptors (Lipinski definition) is 8. The van der Waals surface area contributed by atoms with Gasteiger partial charge in [-0.25, -0.2) is 9.67 Å². The molecule has 1 fully saturated rings. The molecule has 2 amide bonds. The lowest BCUT2D eigenvalue weighted by Gasteiger charge is -2.25. The van der Waals surface area contributed by atoms with Crippen LogP contribution in [0.15, 0.2) is 24.5 Å². The lowest BCUT2D eigenvalue weighted by Crippen LogP contribution is -2.18. The number of nitrogens with two attached hydrogens (primary N) is 1. The number of nitrogens with one attached hydrogen (secondary N) is 1. The lowest BCUT2D eigenvalue weighted by atomic mass is 10.2. The average molecular weight is 435 g/mol. The van der Waals surface area contributed by atoms with Crippen molar-refractivity contribution in [1.29, 1.82) is 0 Å². The Bertz CT molecular complexity index is 938. The Morgan fingerprint density at radius 3 is 3.03 bits per heavy atom. The van der Waals surface area contributed by atoms with E-state index in [0.29, 0.717) is 37.5 Å². The van der Waals surface area contributed by atoms with Crippen LogP contribution in [0.1, 0.15) is 48.6 Å². The lowest BCUT2D eigenvalue weighted by molar-refractivity contribution is -0.115. The molecule has 2 aromatic rings. The number of benzene rings is 1. The van der Waals surface area contributed by atoms with E-state index in [2.05, 4.69) is 15.4 Å². The molecule has 4 rings (SSSR count). The van der Waals surface area contributed by atoms with E-state index < -0.39 is 14.5 Å². The molecule has 0 aliphatic carbocycles. The van der Waals surface area contributed by atoms with E-state index in [4.69, 9.17) is 24.0 Å². The van der Waals surface area contributed by atoms with E-state index >= 15 is 0 Å². The Morgan fingerprint density at radius 1 is 1.40 bits per heavy atom. The SMILES string of the molecule is CCC(=O)Nc1ccc2c(c1)COP(OCC1CCC(n3cnc(C(N)=O)n3)O1)O2. The Morgan fingerprint density at radius 2 is 2.27 bits per heavy atom. The van der Waals surface area contributed by atoms with Crippen molar-refractivity contribution in [3.8, 4) is 5.75 Å². The van der Waals surface area contributed by atoms with Crippen molar-refractivity contribution in [2.75, 3.05) is 11.9 Å². The number of aromatic nitrogens is 3. The summed E-state index contributed by atoms with van der Waals surface area (Å²) in [6.07, 6.45) is 2.84. The minimum atomic E-state index is -1.54. The second-order valence-electron chi connectivity index (χ2n) is 6.81. The first kappa shape index (κ1) is 20.7. The van der Waals surface area contributed by atoms with E-state index in [0.717, 1.165) is 12.0 Å². The number of carbonyl (C=O) groups excluding carboxylic acids is 2. The van der Waals surface area contributed by atoms with E-state index in [9.17, 15) is 9.59 Å². The molecule has 3 atom stereocenters. The van der Waals surface area contributed by atoms with Crippen LogP contribution in [0, 0.1) is 0 Å². The van der Waals surface area contributed by atoms with Crippen molar-refractivity contribution in [2.24, 2.45) is 5.73 Å². The van der Waals surface area contributed by atoms with Gasteiger partial charge in [-0.05, 0) is 31.0 Å². The van der Waals surface area contributed by atoms with E-state index in [-0.39, 0.29) is 24.1 Å². The summed E-state index contributed by atoms with van der Waals surface area (Å²) in [5, 5.41) is 6.84. The van der Waals surface area contributed by atoms with Gasteiger partial charge in [-0.15, -0.1) is 5.10 Å². The first-order valence-electron chi connectivity index (χ1n) is 9.55. The van der Waals surface area contributed by atoms with Crippen LogP contribution >= 0.6 is 8.60 Å². The summed E-state index contributed by atoms with van der Waals surface area (Å²) in [6, 6.07) is 5.41. The quantitative estimate of drug-likeness (QED) is 0.631. The van der Waals surface area contributed by atoms with Gasteiger partial charge < -0.3 is 20.3 Å². The fraction of sp³-hybridized carbons (Fsp3) is 0.444. The van der Waals surface area contributed by atoms with Crippen LogP contribution in [0.2, 0.25) is 0 Å². The van der Waals surface area contributed by atoms with Crippen molar-refractivity contribution >= 4 is 26.1 Å². The zero-order chi connectivity index (χ0) is 21.1. The van der Waals surface area contributed by atoms with Crippen LogP contribution < -0.4 is 15.6 Å². The molecule has 2 aliphatic rings. The van der Waals surface area contributed by atoms with E-state index in [1.807, 2.05) is 6.07 Å². The second kappa shape index (κ2) is 9.05. The van der Waals surface area contributed by atoms with Gasteiger partial charge in [0.2, 0.25) is 11.7 Å². The highest BCUT2D eigenvalue weighted by Crippen LogP contribution is 2.48. The maximum absolute atomic E-state index is 11.5. The first-order chi connectivity index (χ1) is 14.5. The monoisotopic (exact) mass is 435 g/mol. The molecule has 1 aromatic carbocycles. The number of anilines is 1. The molecule has 0 saturated carbocycles. The summed E-state index contributed by atoms with van der Waals surface area (Å²) in [7, 11) is -1.54. The van der Waals surface area contributed by atoms with Gasteiger partial charge in [-0.1, -0.05) is 6.92 Å². The van der Waals surface area contributed by atoms with Crippen LogP contribution in [-0.2, 0) is 25.2 Å². The summed E-state index contributed by atoms with van der Waals surface area (Å²) in [5.41, 5.74) is 6.72. The van der Waals surface area contributed by atoms with Crippen molar-refractivity contribution in [3.63, 3.8) is 0 Å². The van der Waals surface area contributed by atoms with Gasteiger partial charge in [0.05, 0.1) is 19.3 Å². The van der Waals surface area contributed by atoms with Crippen molar-refractivity contribution < 1.29 is 27.9 Å². The van der Waals surface area contributed by atoms with Gasteiger partial charge >= 0.3 is 8.60 Å². The van der Waals surface area contributed by atoms with Crippen LogP contribution in [-0.4, -0.2) is 39.3 Å². The number of rotatable bonds is 7.